The van der Waals surface area contributed by atoms with E-state index >= 15 is 0 Å². The van der Waals surface area contributed by atoms with Gasteiger partial charge in [-0.05, 0) is 44.7 Å². The van der Waals surface area contributed by atoms with Crippen molar-refractivity contribution in [3.63, 3.8) is 0 Å². The van der Waals surface area contributed by atoms with E-state index < -0.39 is 0 Å². The maximum Gasteiger partial charge on any atom is 0.262 e. The molecule has 1 aliphatic rings. The number of thiazole rings is 1. The lowest BCUT2D eigenvalue weighted by molar-refractivity contribution is 0.102. The van der Waals surface area contributed by atoms with Gasteiger partial charge in [-0.2, -0.15) is 5.26 Å². The molecule has 3 heterocycles. The Bertz CT molecular complexity index is 952. The topological polar surface area (TPSA) is 83.8 Å². The molecule has 0 aliphatic heterocycles. The largest absolute Gasteiger partial charge is 0.443 e. The van der Waals surface area contributed by atoms with Gasteiger partial charge in [0.15, 0.2) is 5.13 Å². The fraction of sp³-hybridized carbons (Fsp3) is 0.278. The van der Waals surface area contributed by atoms with Gasteiger partial charge in [0.1, 0.15) is 23.0 Å². The highest BCUT2D eigenvalue weighted by Crippen LogP contribution is 2.31. The van der Waals surface area contributed by atoms with Crippen molar-refractivity contribution in [2.75, 3.05) is 5.32 Å². The van der Waals surface area contributed by atoms with Crippen LogP contribution in [0.4, 0.5) is 5.13 Å². The van der Waals surface area contributed by atoms with Gasteiger partial charge in [-0.25, -0.2) is 4.98 Å². The van der Waals surface area contributed by atoms with Crippen LogP contribution in [0.3, 0.4) is 0 Å². The van der Waals surface area contributed by atoms with Crippen molar-refractivity contribution in [1.29, 1.82) is 5.26 Å². The molecule has 0 bridgehead atoms. The molecule has 126 valence electrons. The third-order valence-corrected chi connectivity index (χ3v) is 5.38. The third kappa shape index (κ3) is 2.75. The number of amides is 1. The van der Waals surface area contributed by atoms with E-state index in [2.05, 4.69) is 16.4 Å². The molecular formula is C18H16N4O2S. The normalized spacial score (nSPS) is 13.3. The second-order valence-corrected chi connectivity index (χ2v) is 7.05. The number of fused-ring (bicyclic) bond motifs is 1. The minimum Gasteiger partial charge on any atom is -0.443 e. The predicted molar refractivity (Wildman–Crippen MR) is 94.2 cm³/mol. The average molecular weight is 352 g/mol. The molecule has 1 amide bonds. The van der Waals surface area contributed by atoms with Gasteiger partial charge in [-0.1, -0.05) is 0 Å². The molecule has 4 rings (SSSR count). The molecule has 1 aliphatic carbocycles. The Balaban J connectivity index is 1.66. The van der Waals surface area contributed by atoms with Crippen LogP contribution >= 0.6 is 11.3 Å². The highest BCUT2D eigenvalue weighted by molar-refractivity contribution is 7.15. The van der Waals surface area contributed by atoms with Gasteiger partial charge in [-0.3, -0.25) is 14.7 Å². The summed E-state index contributed by atoms with van der Waals surface area (Å²) in [7, 11) is 0. The number of aromatic nitrogens is 2. The first-order chi connectivity index (χ1) is 12.2. The van der Waals surface area contributed by atoms with Crippen molar-refractivity contribution < 1.29 is 9.21 Å². The van der Waals surface area contributed by atoms with E-state index in [1.54, 1.807) is 23.9 Å². The molecule has 6 nitrogen and oxygen atoms in total. The third-order valence-electron chi connectivity index (χ3n) is 4.31. The number of hydrogen-bond acceptors (Lipinski definition) is 5. The zero-order chi connectivity index (χ0) is 17.4. The Morgan fingerprint density at radius 2 is 2.12 bits per heavy atom. The number of carbonyl (C=O) groups is 1. The number of furan rings is 1. The second-order valence-electron chi connectivity index (χ2n) is 5.97. The Hall–Kier alpha value is -2.85. The average Bonchev–Trinajstić information content (AvgIpc) is 3.31. The van der Waals surface area contributed by atoms with Crippen molar-refractivity contribution in [3.8, 4) is 12.0 Å². The van der Waals surface area contributed by atoms with E-state index in [9.17, 15) is 10.1 Å². The number of rotatable bonds is 3. The summed E-state index contributed by atoms with van der Waals surface area (Å²) in [4.78, 5) is 18.5. The Morgan fingerprint density at radius 1 is 1.36 bits per heavy atom. The SMILES string of the molecule is Cc1oc(-n2cccc2)c(C#N)c1C(=O)Nc1nc2c(s1)CCCC2. The molecule has 3 aromatic rings. The molecule has 25 heavy (non-hydrogen) atoms. The highest BCUT2D eigenvalue weighted by Gasteiger charge is 2.26. The molecule has 0 unspecified atom stereocenters. The fourth-order valence-electron chi connectivity index (χ4n) is 3.12. The Kier molecular flexibility index (Phi) is 3.90. The summed E-state index contributed by atoms with van der Waals surface area (Å²) in [5, 5.41) is 13.0. The summed E-state index contributed by atoms with van der Waals surface area (Å²) in [5.74, 6) is 0.412. The molecular weight excluding hydrogens is 336 g/mol. The molecule has 0 saturated heterocycles. The minimum atomic E-state index is -0.359. The zero-order valence-electron chi connectivity index (χ0n) is 13.7. The molecule has 0 spiro atoms. The van der Waals surface area contributed by atoms with E-state index in [4.69, 9.17) is 4.42 Å². The molecule has 1 N–H and O–H groups in total. The number of nitrogens with one attached hydrogen (secondary N) is 1. The van der Waals surface area contributed by atoms with Gasteiger partial charge in [0, 0.05) is 17.3 Å². The fourth-order valence-corrected chi connectivity index (χ4v) is 4.17. The van der Waals surface area contributed by atoms with E-state index in [0.29, 0.717) is 16.8 Å². The number of nitriles is 1. The molecule has 0 fully saturated rings. The van der Waals surface area contributed by atoms with Crippen LogP contribution in [0.1, 0.15) is 45.1 Å². The van der Waals surface area contributed by atoms with Gasteiger partial charge in [-0.15, -0.1) is 11.3 Å². The molecule has 3 aromatic heterocycles. The zero-order valence-corrected chi connectivity index (χ0v) is 14.5. The van der Waals surface area contributed by atoms with Crippen LogP contribution in [0.15, 0.2) is 28.9 Å². The maximum absolute atomic E-state index is 12.7. The Labute approximate surface area is 148 Å². The molecule has 0 saturated carbocycles. The minimum absolute atomic E-state index is 0.229. The summed E-state index contributed by atoms with van der Waals surface area (Å²) in [5.41, 5.74) is 1.58. The van der Waals surface area contributed by atoms with E-state index in [1.165, 1.54) is 22.6 Å². The molecule has 0 radical (unpaired) electrons. The highest BCUT2D eigenvalue weighted by atomic mass is 32.1. The molecule has 0 atom stereocenters. The van der Waals surface area contributed by atoms with E-state index in [1.807, 2.05) is 12.1 Å². The number of anilines is 1. The summed E-state index contributed by atoms with van der Waals surface area (Å²) in [6.07, 6.45) is 7.85. The van der Waals surface area contributed by atoms with Crippen LogP contribution in [0.5, 0.6) is 0 Å². The standard InChI is InChI=1S/C18H16N4O2S/c1-11-15(12(10-19)17(24-11)22-8-4-5-9-22)16(23)21-18-20-13-6-2-3-7-14(13)25-18/h4-5,8-9H,2-3,6-7H2,1H3,(H,20,21,23). The second kappa shape index (κ2) is 6.22. The van der Waals surface area contributed by atoms with Crippen LogP contribution in [0.25, 0.3) is 5.88 Å². The van der Waals surface area contributed by atoms with Crippen molar-refractivity contribution in [1.82, 2.24) is 9.55 Å². The van der Waals surface area contributed by atoms with Crippen LogP contribution < -0.4 is 5.32 Å². The summed E-state index contributed by atoms with van der Waals surface area (Å²) in [6, 6.07) is 5.76. The van der Waals surface area contributed by atoms with Gasteiger partial charge in [0.25, 0.3) is 5.91 Å². The lowest BCUT2D eigenvalue weighted by atomic mass is 10.0. The molecule has 7 heteroatoms. The maximum atomic E-state index is 12.7. The summed E-state index contributed by atoms with van der Waals surface area (Å²) >= 11 is 1.52. The number of hydrogen-bond donors (Lipinski definition) is 1. The van der Waals surface area contributed by atoms with Crippen LogP contribution in [0, 0.1) is 18.3 Å². The quantitative estimate of drug-likeness (QED) is 0.776. The number of carbonyl (C=O) groups excluding carboxylic acids is 1. The van der Waals surface area contributed by atoms with Gasteiger partial charge < -0.3 is 4.42 Å². The van der Waals surface area contributed by atoms with Crippen molar-refractivity contribution in [2.45, 2.75) is 32.6 Å². The van der Waals surface area contributed by atoms with Gasteiger partial charge >= 0.3 is 0 Å². The predicted octanol–water partition coefficient (Wildman–Crippen LogP) is 3.84. The smallest absolute Gasteiger partial charge is 0.262 e. The monoisotopic (exact) mass is 352 g/mol. The van der Waals surface area contributed by atoms with Crippen molar-refractivity contribution in [2.24, 2.45) is 0 Å². The lowest BCUT2D eigenvalue weighted by Gasteiger charge is -2.06. The summed E-state index contributed by atoms with van der Waals surface area (Å²) in [6.45, 7) is 1.69. The molecule has 0 aromatic carbocycles. The first-order valence-electron chi connectivity index (χ1n) is 8.14. The first-order valence-corrected chi connectivity index (χ1v) is 8.96. The van der Waals surface area contributed by atoms with Crippen molar-refractivity contribution >= 4 is 22.4 Å². The number of nitrogens with zero attached hydrogens (tertiary/aromatic N) is 3. The lowest BCUT2D eigenvalue weighted by Crippen LogP contribution is -2.14. The van der Waals surface area contributed by atoms with Gasteiger partial charge in [0.2, 0.25) is 5.88 Å². The van der Waals surface area contributed by atoms with Crippen LogP contribution in [0.2, 0.25) is 0 Å². The Morgan fingerprint density at radius 3 is 2.84 bits per heavy atom. The van der Waals surface area contributed by atoms with Crippen LogP contribution in [-0.2, 0) is 12.8 Å². The van der Waals surface area contributed by atoms with E-state index in [-0.39, 0.29) is 17.0 Å². The van der Waals surface area contributed by atoms with E-state index in [0.717, 1.165) is 25.0 Å². The van der Waals surface area contributed by atoms with Gasteiger partial charge in [0.05, 0.1) is 5.69 Å². The summed E-state index contributed by atoms with van der Waals surface area (Å²) < 4.78 is 7.37. The van der Waals surface area contributed by atoms with Crippen molar-refractivity contribution in [3.05, 3.63) is 52.0 Å². The van der Waals surface area contributed by atoms with Crippen LogP contribution in [-0.4, -0.2) is 15.5 Å². The first kappa shape index (κ1) is 15.7. The number of aryl methyl sites for hydroxylation is 3.